The molecule has 0 aromatic carbocycles. The number of rotatable bonds is 6. The van der Waals surface area contributed by atoms with Crippen LogP contribution in [0.15, 0.2) is 12.1 Å². The molecule has 0 saturated carbocycles. The van der Waals surface area contributed by atoms with E-state index in [4.69, 9.17) is 15.2 Å². The summed E-state index contributed by atoms with van der Waals surface area (Å²) in [6.45, 7) is 3.46. The third-order valence-corrected chi connectivity index (χ3v) is 5.28. The fraction of sp³-hybridized carbons (Fsp3) is 0.312. The van der Waals surface area contributed by atoms with Gasteiger partial charge in [-0.3, -0.25) is 4.79 Å². The molecule has 0 unspecified atom stereocenters. The number of anilines is 1. The van der Waals surface area contributed by atoms with Crippen LogP contribution in [0.4, 0.5) is 5.00 Å². The summed E-state index contributed by atoms with van der Waals surface area (Å²) in [6, 6.07) is 3.47. The first kappa shape index (κ1) is 18.9. The van der Waals surface area contributed by atoms with Crippen LogP contribution in [0.3, 0.4) is 0 Å². The highest BCUT2D eigenvalue weighted by atomic mass is 32.1. The fourth-order valence-electron chi connectivity index (χ4n) is 2.10. The maximum atomic E-state index is 12.2. The Bertz CT molecular complexity index is 810. The second-order valence-electron chi connectivity index (χ2n) is 4.94. The molecule has 25 heavy (non-hydrogen) atoms. The van der Waals surface area contributed by atoms with Crippen molar-refractivity contribution in [2.24, 2.45) is 0 Å². The Morgan fingerprint density at radius 2 is 1.88 bits per heavy atom. The van der Waals surface area contributed by atoms with Crippen molar-refractivity contribution in [3.63, 3.8) is 0 Å². The van der Waals surface area contributed by atoms with E-state index < -0.39 is 17.8 Å². The average Bonchev–Trinajstić information content (AvgIpc) is 3.15. The minimum atomic E-state index is -0.649. The van der Waals surface area contributed by atoms with Crippen molar-refractivity contribution in [2.45, 2.75) is 20.5 Å². The van der Waals surface area contributed by atoms with E-state index in [2.05, 4.69) is 5.32 Å². The number of hydrogen-bond donors (Lipinski definition) is 2. The molecule has 0 saturated heterocycles. The number of nitrogens with two attached hydrogens (primary N) is 1. The van der Waals surface area contributed by atoms with Gasteiger partial charge in [0.2, 0.25) is 0 Å². The molecule has 0 aliphatic heterocycles. The van der Waals surface area contributed by atoms with Gasteiger partial charge in [0.25, 0.3) is 5.91 Å². The Morgan fingerprint density at radius 3 is 2.44 bits per heavy atom. The number of hydrogen-bond acceptors (Lipinski definition) is 8. The first-order valence-electron chi connectivity index (χ1n) is 7.42. The Kier molecular flexibility index (Phi) is 6.16. The zero-order valence-corrected chi connectivity index (χ0v) is 15.6. The van der Waals surface area contributed by atoms with E-state index in [0.29, 0.717) is 4.88 Å². The van der Waals surface area contributed by atoms with Gasteiger partial charge in [0.15, 0.2) is 0 Å². The van der Waals surface area contributed by atoms with Gasteiger partial charge >= 0.3 is 11.9 Å². The first-order valence-corrected chi connectivity index (χ1v) is 9.06. The molecule has 0 bridgehead atoms. The van der Waals surface area contributed by atoms with Crippen LogP contribution in [0.5, 0.6) is 0 Å². The van der Waals surface area contributed by atoms with Crippen molar-refractivity contribution >= 4 is 45.5 Å². The van der Waals surface area contributed by atoms with Crippen molar-refractivity contribution < 1.29 is 23.9 Å². The zero-order chi connectivity index (χ0) is 18.6. The van der Waals surface area contributed by atoms with Crippen LogP contribution in [-0.2, 0) is 16.1 Å². The molecule has 2 rings (SSSR count). The molecular formula is C16H18N2O5S2. The summed E-state index contributed by atoms with van der Waals surface area (Å²) in [5.74, 6) is -1.59. The lowest BCUT2D eigenvalue weighted by Gasteiger charge is -2.08. The Morgan fingerprint density at radius 1 is 1.16 bits per heavy atom. The summed E-state index contributed by atoms with van der Waals surface area (Å²) >= 11 is 2.26. The van der Waals surface area contributed by atoms with E-state index in [1.807, 2.05) is 13.0 Å². The summed E-state index contributed by atoms with van der Waals surface area (Å²) in [5.41, 5.74) is 6.21. The number of nitrogen functional groups attached to an aromatic ring is 1. The van der Waals surface area contributed by atoms with Crippen LogP contribution in [0.2, 0.25) is 0 Å². The van der Waals surface area contributed by atoms with Gasteiger partial charge in [-0.05, 0) is 26.0 Å². The maximum absolute atomic E-state index is 12.2. The van der Waals surface area contributed by atoms with Gasteiger partial charge in [0.1, 0.15) is 26.9 Å². The Hall–Kier alpha value is -2.39. The number of ether oxygens (including phenoxy) is 2. The average molecular weight is 382 g/mol. The summed E-state index contributed by atoms with van der Waals surface area (Å²) < 4.78 is 10.3. The van der Waals surface area contributed by atoms with Gasteiger partial charge in [0, 0.05) is 17.5 Å². The highest BCUT2D eigenvalue weighted by Gasteiger charge is 2.27. The fourth-order valence-corrected chi connectivity index (χ4v) is 3.87. The van der Waals surface area contributed by atoms with E-state index >= 15 is 0 Å². The molecule has 3 N–H and O–H groups in total. The van der Waals surface area contributed by atoms with Gasteiger partial charge in [-0.2, -0.15) is 0 Å². The van der Waals surface area contributed by atoms with Gasteiger partial charge in [-0.25, -0.2) is 9.59 Å². The normalized spacial score (nSPS) is 10.4. The number of carbonyl (C=O) groups is 3. The van der Waals surface area contributed by atoms with E-state index in [0.717, 1.165) is 16.2 Å². The quantitative estimate of drug-likeness (QED) is 0.744. The minimum Gasteiger partial charge on any atom is -0.462 e. The number of aryl methyl sites for hydroxylation is 1. The summed E-state index contributed by atoms with van der Waals surface area (Å²) in [6.07, 6.45) is 0. The molecular weight excluding hydrogens is 364 g/mol. The van der Waals surface area contributed by atoms with E-state index in [-0.39, 0.29) is 34.2 Å². The summed E-state index contributed by atoms with van der Waals surface area (Å²) in [5, 5.41) is 2.63. The van der Waals surface area contributed by atoms with Crippen molar-refractivity contribution in [3.8, 4) is 0 Å². The SMILES string of the molecule is CCOC(=O)c1c(N)sc(C(=O)NC)c1COC(=O)c1ccc(C)s1. The molecule has 9 heteroatoms. The molecule has 0 fully saturated rings. The van der Waals surface area contributed by atoms with Crippen LogP contribution < -0.4 is 11.1 Å². The largest absolute Gasteiger partial charge is 0.462 e. The predicted octanol–water partition coefficient (Wildman–Crippen LogP) is 2.59. The molecule has 0 radical (unpaired) electrons. The third-order valence-electron chi connectivity index (χ3n) is 3.24. The number of nitrogens with one attached hydrogen (secondary N) is 1. The lowest BCUT2D eigenvalue weighted by Crippen LogP contribution is -2.19. The minimum absolute atomic E-state index is 0.0700. The molecule has 7 nitrogen and oxygen atoms in total. The molecule has 0 aliphatic rings. The number of thiophene rings is 2. The van der Waals surface area contributed by atoms with Crippen molar-refractivity contribution in [3.05, 3.63) is 37.9 Å². The summed E-state index contributed by atoms with van der Waals surface area (Å²) in [7, 11) is 1.46. The molecule has 2 aromatic heterocycles. The van der Waals surface area contributed by atoms with Crippen LogP contribution in [0.1, 0.15) is 47.1 Å². The molecule has 0 spiro atoms. The van der Waals surface area contributed by atoms with Gasteiger partial charge in [-0.15, -0.1) is 22.7 Å². The highest BCUT2D eigenvalue weighted by Crippen LogP contribution is 2.33. The highest BCUT2D eigenvalue weighted by molar-refractivity contribution is 7.18. The van der Waals surface area contributed by atoms with Crippen LogP contribution in [0, 0.1) is 6.92 Å². The van der Waals surface area contributed by atoms with E-state index in [1.165, 1.54) is 18.4 Å². The van der Waals surface area contributed by atoms with Gasteiger partial charge in [0.05, 0.1) is 6.61 Å². The molecule has 134 valence electrons. The van der Waals surface area contributed by atoms with Gasteiger partial charge in [-0.1, -0.05) is 0 Å². The zero-order valence-electron chi connectivity index (χ0n) is 14.0. The molecule has 1 amide bonds. The summed E-state index contributed by atoms with van der Waals surface area (Å²) in [4.78, 5) is 38.0. The monoisotopic (exact) mass is 382 g/mol. The van der Waals surface area contributed by atoms with Crippen molar-refractivity contribution in [1.82, 2.24) is 5.32 Å². The van der Waals surface area contributed by atoms with Crippen LogP contribution >= 0.6 is 22.7 Å². The standard InChI is InChI=1S/C16H18N2O5S2/c1-4-22-16(21)11-9(12(14(19)18-3)25-13(11)17)7-23-15(20)10-6-5-8(2)24-10/h5-6H,4,7,17H2,1-3H3,(H,18,19). The van der Waals surface area contributed by atoms with E-state index in [9.17, 15) is 14.4 Å². The van der Waals surface area contributed by atoms with Gasteiger partial charge < -0.3 is 20.5 Å². The van der Waals surface area contributed by atoms with Crippen LogP contribution in [-0.4, -0.2) is 31.5 Å². The number of amides is 1. The Labute approximate surface area is 152 Å². The van der Waals surface area contributed by atoms with Crippen LogP contribution in [0.25, 0.3) is 0 Å². The van der Waals surface area contributed by atoms with E-state index in [1.54, 1.807) is 13.0 Å². The third kappa shape index (κ3) is 4.18. The predicted molar refractivity (Wildman–Crippen MR) is 96.3 cm³/mol. The second kappa shape index (κ2) is 8.13. The lowest BCUT2D eigenvalue weighted by molar-refractivity contribution is 0.0454. The number of esters is 2. The molecule has 2 aromatic rings. The maximum Gasteiger partial charge on any atom is 0.348 e. The second-order valence-corrected chi connectivity index (χ2v) is 7.28. The number of carbonyl (C=O) groups excluding carboxylic acids is 3. The smallest absolute Gasteiger partial charge is 0.348 e. The lowest BCUT2D eigenvalue weighted by atomic mass is 10.1. The Balaban J connectivity index is 2.31. The molecule has 2 heterocycles. The molecule has 0 atom stereocenters. The van der Waals surface area contributed by atoms with Crippen molar-refractivity contribution in [2.75, 3.05) is 19.4 Å². The van der Waals surface area contributed by atoms with Crippen molar-refractivity contribution in [1.29, 1.82) is 0 Å². The first-order chi connectivity index (χ1) is 11.9. The molecule has 0 aliphatic carbocycles. The topological polar surface area (TPSA) is 108 Å².